The minimum Gasteiger partial charge on any atom is -0.378 e. The van der Waals surface area contributed by atoms with Gasteiger partial charge in [-0.1, -0.05) is 18.5 Å². The van der Waals surface area contributed by atoms with Crippen LogP contribution in [-0.2, 0) is 4.74 Å². The third-order valence-electron chi connectivity index (χ3n) is 3.29. The van der Waals surface area contributed by atoms with Crippen molar-refractivity contribution in [2.45, 2.75) is 25.9 Å². The molecular formula is C13H16ClN3O. The van der Waals surface area contributed by atoms with Gasteiger partial charge in [0.25, 0.3) is 0 Å². The van der Waals surface area contributed by atoms with Crippen molar-refractivity contribution in [2.75, 3.05) is 18.5 Å². The zero-order chi connectivity index (χ0) is 13.0. The summed E-state index contributed by atoms with van der Waals surface area (Å²) in [5.41, 5.74) is 0.448. The van der Waals surface area contributed by atoms with Crippen LogP contribution in [0, 0.1) is 17.2 Å². The Morgan fingerprint density at radius 1 is 1.67 bits per heavy atom. The number of aromatic nitrogens is 1. The van der Waals surface area contributed by atoms with Crippen molar-refractivity contribution in [3.05, 3.63) is 22.8 Å². The molecule has 1 aliphatic heterocycles. The van der Waals surface area contributed by atoms with Gasteiger partial charge in [0, 0.05) is 25.3 Å². The van der Waals surface area contributed by atoms with Gasteiger partial charge in [-0.05, 0) is 18.9 Å². The minimum atomic E-state index is 0.315. The normalized spacial score (nSPS) is 22.7. The standard InChI is InChI=1S/C13H16ClN3O/c1-2-11-10(4-6-18-11)8-17-13-12(14)9(7-15)3-5-16-13/h3,5,10-11H,2,4,6,8H2,1H3,(H,16,17). The van der Waals surface area contributed by atoms with Gasteiger partial charge >= 0.3 is 0 Å². The highest BCUT2D eigenvalue weighted by atomic mass is 35.5. The predicted octanol–water partition coefficient (Wildman–Crippen LogP) is 2.83. The lowest BCUT2D eigenvalue weighted by Gasteiger charge is -2.18. The number of pyridine rings is 1. The first-order valence-electron chi connectivity index (χ1n) is 6.16. The van der Waals surface area contributed by atoms with Gasteiger partial charge in [0.05, 0.1) is 11.7 Å². The highest BCUT2D eigenvalue weighted by Crippen LogP contribution is 2.26. The average molecular weight is 266 g/mol. The van der Waals surface area contributed by atoms with Crippen LogP contribution in [-0.4, -0.2) is 24.2 Å². The number of nitrogens with zero attached hydrogens (tertiary/aromatic N) is 2. The highest BCUT2D eigenvalue weighted by molar-refractivity contribution is 6.34. The van der Waals surface area contributed by atoms with Gasteiger partial charge in [0.15, 0.2) is 0 Å². The molecule has 0 aromatic carbocycles. The van der Waals surface area contributed by atoms with E-state index in [-0.39, 0.29) is 0 Å². The number of ether oxygens (including phenoxy) is 1. The third-order valence-corrected chi connectivity index (χ3v) is 3.67. The van der Waals surface area contributed by atoms with Crippen LogP contribution >= 0.6 is 11.6 Å². The summed E-state index contributed by atoms with van der Waals surface area (Å²) in [5, 5.41) is 12.5. The molecule has 96 valence electrons. The van der Waals surface area contributed by atoms with Crippen LogP contribution < -0.4 is 5.32 Å². The number of anilines is 1. The molecule has 0 amide bonds. The fraction of sp³-hybridized carbons (Fsp3) is 0.538. The Bertz CT molecular complexity index is 458. The molecule has 5 heteroatoms. The second kappa shape index (κ2) is 6.03. The first-order chi connectivity index (χ1) is 8.76. The van der Waals surface area contributed by atoms with E-state index in [2.05, 4.69) is 17.2 Å². The maximum Gasteiger partial charge on any atom is 0.146 e. The molecule has 1 fully saturated rings. The van der Waals surface area contributed by atoms with E-state index in [1.807, 2.05) is 6.07 Å². The van der Waals surface area contributed by atoms with Crippen molar-refractivity contribution in [1.29, 1.82) is 5.26 Å². The second-order valence-electron chi connectivity index (χ2n) is 4.38. The van der Waals surface area contributed by atoms with Gasteiger partial charge in [-0.2, -0.15) is 5.26 Å². The van der Waals surface area contributed by atoms with Crippen LogP contribution in [0.25, 0.3) is 0 Å². The Balaban J connectivity index is 2.00. The molecule has 2 heterocycles. The zero-order valence-electron chi connectivity index (χ0n) is 10.3. The lowest BCUT2D eigenvalue weighted by atomic mass is 10.00. The van der Waals surface area contributed by atoms with E-state index in [1.165, 1.54) is 0 Å². The smallest absolute Gasteiger partial charge is 0.146 e. The summed E-state index contributed by atoms with van der Waals surface area (Å²) in [7, 11) is 0. The van der Waals surface area contributed by atoms with Crippen molar-refractivity contribution in [2.24, 2.45) is 5.92 Å². The molecule has 0 spiro atoms. The molecule has 1 saturated heterocycles. The lowest BCUT2D eigenvalue weighted by molar-refractivity contribution is 0.0900. The topological polar surface area (TPSA) is 57.9 Å². The molecule has 1 aromatic heterocycles. The molecule has 4 nitrogen and oxygen atoms in total. The second-order valence-corrected chi connectivity index (χ2v) is 4.76. The molecule has 18 heavy (non-hydrogen) atoms. The average Bonchev–Trinajstić information content (AvgIpc) is 2.85. The van der Waals surface area contributed by atoms with E-state index < -0.39 is 0 Å². The number of hydrogen-bond acceptors (Lipinski definition) is 4. The molecule has 1 N–H and O–H groups in total. The number of nitriles is 1. The molecule has 1 aromatic rings. The van der Waals surface area contributed by atoms with Crippen molar-refractivity contribution < 1.29 is 4.74 Å². The lowest BCUT2D eigenvalue weighted by Crippen LogP contribution is -2.23. The largest absolute Gasteiger partial charge is 0.378 e. The summed E-state index contributed by atoms with van der Waals surface area (Å²) >= 11 is 6.09. The predicted molar refractivity (Wildman–Crippen MR) is 70.6 cm³/mol. The van der Waals surface area contributed by atoms with Gasteiger partial charge in [0.2, 0.25) is 0 Å². The van der Waals surface area contributed by atoms with Gasteiger partial charge in [-0.3, -0.25) is 0 Å². The molecule has 0 radical (unpaired) electrons. The SMILES string of the molecule is CCC1OCCC1CNc1nccc(C#N)c1Cl. The van der Waals surface area contributed by atoms with Crippen LogP contribution in [0.2, 0.25) is 5.02 Å². The zero-order valence-corrected chi connectivity index (χ0v) is 11.1. The van der Waals surface area contributed by atoms with E-state index in [0.29, 0.717) is 28.4 Å². The molecule has 2 atom stereocenters. The summed E-state index contributed by atoms with van der Waals surface area (Å²) in [4.78, 5) is 4.16. The van der Waals surface area contributed by atoms with Crippen molar-refractivity contribution >= 4 is 17.4 Å². The van der Waals surface area contributed by atoms with Crippen LogP contribution in [0.3, 0.4) is 0 Å². The van der Waals surface area contributed by atoms with E-state index in [1.54, 1.807) is 12.3 Å². The van der Waals surface area contributed by atoms with Crippen LogP contribution in [0.15, 0.2) is 12.3 Å². The fourth-order valence-corrected chi connectivity index (χ4v) is 2.48. The number of halogens is 1. The maximum atomic E-state index is 8.89. The Kier molecular flexibility index (Phi) is 4.40. The van der Waals surface area contributed by atoms with Gasteiger partial charge in [-0.15, -0.1) is 0 Å². The summed E-state index contributed by atoms with van der Waals surface area (Å²) < 4.78 is 5.63. The van der Waals surface area contributed by atoms with Gasteiger partial charge < -0.3 is 10.1 Å². The van der Waals surface area contributed by atoms with Crippen LogP contribution in [0.5, 0.6) is 0 Å². The van der Waals surface area contributed by atoms with Crippen molar-refractivity contribution in [3.63, 3.8) is 0 Å². The first kappa shape index (κ1) is 13.1. The summed E-state index contributed by atoms with van der Waals surface area (Å²) in [6.45, 7) is 3.73. The van der Waals surface area contributed by atoms with Crippen LogP contribution in [0.1, 0.15) is 25.3 Å². The monoisotopic (exact) mass is 265 g/mol. The molecule has 2 unspecified atom stereocenters. The van der Waals surface area contributed by atoms with Crippen molar-refractivity contribution in [3.8, 4) is 6.07 Å². The van der Waals surface area contributed by atoms with E-state index in [4.69, 9.17) is 21.6 Å². The van der Waals surface area contributed by atoms with Crippen molar-refractivity contribution in [1.82, 2.24) is 4.98 Å². The Morgan fingerprint density at radius 2 is 2.50 bits per heavy atom. The quantitative estimate of drug-likeness (QED) is 0.909. The Labute approximate surface area is 112 Å². The molecule has 0 aliphatic carbocycles. The summed E-state index contributed by atoms with van der Waals surface area (Å²) in [5.74, 6) is 1.07. The fourth-order valence-electron chi connectivity index (χ4n) is 2.26. The molecule has 0 saturated carbocycles. The summed E-state index contributed by atoms with van der Waals surface area (Å²) in [6.07, 6.45) is 3.98. The summed E-state index contributed by atoms with van der Waals surface area (Å²) in [6, 6.07) is 3.66. The highest BCUT2D eigenvalue weighted by Gasteiger charge is 2.26. The molecular weight excluding hydrogens is 250 g/mol. The molecule has 0 bridgehead atoms. The number of rotatable bonds is 4. The Hall–Kier alpha value is -1.31. The van der Waals surface area contributed by atoms with Gasteiger partial charge in [-0.25, -0.2) is 4.98 Å². The van der Waals surface area contributed by atoms with E-state index in [9.17, 15) is 0 Å². The molecule has 1 aliphatic rings. The number of nitrogens with one attached hydrogen (secondary N) is 1. The van der Waals surface area contributed by atoms with E-state index in [0.717, 1.165) is 26.0 Å². The van der Waals surface area contributed by atoms with Gasteiger partial charge in [0.1, 0.15) is 16.9 Å². The Morgan fingerprint density at radius 3 is 3.22 bits per heavy atom. The number of hydrogen-bond donors (Lipinski definition) is 1. The minimum absolute atomic E-state index is 0.315. The maximum absolute atomic E-state index is 8.89. The molecule has 2 rings (SSSR count). The van der Waals surface area contributed by atoms with E-state index >= 15 is 0 Å². The third kappa shape index (κ3) is 2.74. The first-order valence-corrected chi connectivity index (χ1v) is 6.54. The van der Waals surface area contributed by atoms with Crippen LogP contribution in [0.4, 0.5) is 5.82 Å².